The number of esters is 1. The Hall–Kier alpha value is -2.69. The van der Waals surface area contributed by atoms with E-state index in [-0.39, 0.29) is 11.9 Å². The molecule has 4 nitrogen and oxygen atoms in total. The van der Waals surface area contributed by atoms with Crippen molar-refractivity contribution in [3.63, 3.8) is 0 Å². The second kappa shape index (κ2) is 10.1. The lowest BCUT2D eigenvalue weighted by molar-refractivity contribution is -0.172. The minimum absolute atomic E-state index is 0.127. The van der Waals surface area contributed by atoms with E-state index in [1.807, 2.05) is 49.4 Å². The van der Waals surface area contributed by atoms with Gasteiger partial charge in [-0.15, -0.1) is 0 Å². The lowest BCUT2D eigenvalue weighted by Crippen LogP contribution is -2.28. The molecule has 4 rings (SSSR count). The molecule has 0 bridgehead atoms. The molecule has 0 N–H and O–H groups in total. The first-order chi connectivity index (χ1) is 15.2. The van der Waals surface area contributed by atoms with Crippen LogP contribution in [0.3, 0.4) is 0 Å². The van der Waals surface area contributed by atoms with Gasteiger partial charge in [-0.2, -0.15) is 0 Å². The number of benzene rings is 3. The fourth-order valence-corrected chi connectivity index (χ4v) is 4.48. The first-order valence-corrected chi connectivity index (χ1v) is 11.2. The Bertz CT molecular complexity index is 987. The highest BCUT2D eigenvalue weighted by Crippen LogP contribution is 2.37. The largest absolute Gasteiger partial charge is 0.466 e. The van der Waals surface area contributed by atoms with E-state index >= 15 is 0 Å². The van der Waals surface area contributed by atoms with Gasteiger partial charge in [0.2, 0.25) is 0 Å². The average molecular weight is 419 g/mol. The third kappa shape index (κ3) is 4.97. The SMILES string of the molecule is CCOC(=O)C(CCCC1(c2ccccc2)OCCO1)Cc1cccc2ccccc12. The summed E-state index contributed by atoms with van der Waals surface area (Å²) in [6.45, 7) is 3.43. The molecule has 1 heterocycles. The highest BCUT2D eigenvalue weighted by atomic mass is 16.7. The molecular weight excluding hydrogens is 388 g/mol. The van der Waals surface area contributed by atoms with Crippen molar-refractivity contribution in [3.8, 4) is 0 Å². The molecule has 0 aliphatic carbocycles. The van der Waals surface area contributed by atoms with Gasteiger partial charge in [0.25, 0.3) is 0 Å². The number of carbonyl (C=O) groups is 1. The summed E-state index contributed by atoms with van der Waals surface area (Å²) in [5.41, 5.74) is 2.22. The molecule has 1 atom stereocenters. The zero-order valence-electron chi connectivity index (χ0n) is 18.1. The van der Waals surface area contributed by atoms with Crippen LogP contribution in [0.2, 0.25) is 0 Å². The quantitative estimate of drug-likeness (QED) is 0.422. The van der Waals surface area contributed by atoms with E-state index < -0.39 is 5.79 Å². The summed E-state index contributed by atoms with van der Waals surface area (Å²) in [7, 11) is 0. The Balaban J connectivity index is 1.49. The smallest absolute Gasteiger partial charge is 0.309 e. The van der Waals surface area contributed by atoms with Gasteiger partial charge in [0.1, 0.15) is 0 Å². The van der Waals surface area contributed by atoms with Crippen molar-refractivity contribution in [1.82, 2.24) is 0 Å². The first kappa shape index (κ1) is 21.5. The van der Waals surface area contributed by atoms with E-state index in [1.54, 1.807) is 0 Å². The van der Waals surface area contributed by atoms with Crippen molar-refractivity contribution in [2.75, 3.05) is 19.8 Å². The third-order valence-corrected chi connectivity index (χ3v) is 5.99. The number of rotatable bonds is 9. The highest BCUT2D eigenvalue weighted by molar-refractivity contribution is 5.86. The molecule has 1 fully saturated rings. The molecule has 31 heavy (non-hydrogen) atoms. The van der Waals surface area contributed by atoms with Gasteiger partial charge in [0.15, 0.2) is 5.79 Å². The van der Waals surface area contributed by atoms with Crippen LogP contribution in [0.1, 0.15) is 37.3 Å². The molecule has 1 aliphatic heterocycles. The molecule has 4 heteroatoms. The Kier molecular flexibility index (Phi) is 7.00. The van der Waals surface area contributed by atoms with Gasteiger partial charge in [0, 0.05) is 12.0 Å². The molecule has 0 saturated carbocycles. The van der Waals surface area contributed by atoms with Crippen LogP contribution in [0.15, 0.2) is 72.8 Å². The summed E-state index contributed by atoms with van der Waals surface area (Å²) in [5.74, 6) is -1.03. The third-order valence-electron chi connectivity index (χ3n) is 5.99. The van der Waals surface area contributed by atoms with Crippen LogP contribution in [-0.2, 0) is 31.2 Å². The van der Waals surface area contributed by atoms with E-state index in [0.29, 0.717) is 32.7 Å². The lowest BCUT2D eigenvalue weighted by atomic mass is 9.89. The molecule has 0 radical (unpaired) electrons. The Labute approximate surface area is 184 Å². The summed E-state index contributed by atoms with van der Waals surface area (Å²) < 4.78 is 17.5. The van der Waals surface area contributed by atoms with Gasteiger partial charge in [-0.05, 0) is 42.5 Å². The zero-order chi connectivity index (χ0) is 21.5. The number of hydrogen-bond donors (Lipinski definition) is 0. The number of hydrogen-bond acceptors (Lipinski definition) is 4. The van der Waals surface area contributed by atoms with Crippen molar-refractivity contribution in [2.45, 2.75) is 38.4 Å². The molecule has 1 unspecified atom stereocenters. The standard InChI is InChI=1S/C27H30O4/c1-2-29-26(28)23(20-22-12-8-11-21-10-6-7-16-25(21)22)13-9-17-27(30-18-19-31-27)24-14-4-3-5-15-24/h3-8,10-12,14-16,23H,2,9,13,17-20H2,1H3. The van der Waals surface area contributed by atoms with Crippen molar-refractivity contribution >= 4 is 16.7 Å². The topological polar surface area (TPSA) is 44.8 Å². The molecule has 1 saturated heterocycles. The van der Waals surface area contributed by atoms with Crippen LogP contribution in [-0.4, -0.2) is 25.8 Å². The average Bonchev–Trinajstić information content (AvgIpc) is 3.29. The first-order valence-electron chi connectivity index (χ1n) is 11.2. The molecule has 0 spiro atoms. The van der Waals surface area contributed by atoms with Crippen LogP contribution in [0.5, 0.6) is 0 Å². The van der Waals surface area contributed by atoms with Crippen LogP contribution in [0.4, 0.5) is 0 Å². The summed E-state index contributed by atoms with van der Waals surface area (Å²) in [6, 6.07) is 24.7. The van der Waals surface area contributed by atoms with Gasteiger partial charge in [0.05, 0.1) is 25.7 Å². The fraction of sp³-hybridized carbons (Fsp3) is 0.370. The highest BCUT2D eigenvalue weighted by Gasteiger charge is 2.38. The second-order valence-corrected chi connectivity index (χ2v) is 8.00. The molecule has 3 aromatic carbocycles. The summed E-state index contributed by atoms with van der Waals surface area (Å²) in [4.78, 5) is 12.8. The normalized spacial score (nSPS) is 16.3. The summed E-state index contributed by atoms with van der Waals surface area (Å²) >= 11 is 0. The van der Waals surface area contributed by atoms with E-state index in [4.69, 9.17) is 14.2 Å². The minimum Gasteiger partial charge on any atom is -0.466 e. The Morgan fingerprint density at radius 1 is 0.968 bits per heavy atom. The Morgan fingerprint density at radius 2 is 1.68 bits per heavy atom. The van der Waals surface area contributed by atoms with Crippen molar-refractivity contribution < 1.29 is 19.0 Å². The zero-order valence-corrected chi connectivity index (χ0v) is 18.1. The maximum absolute atomic E-state index is 12.8. The summed E-state index contributed by atoms with van der Waals surface area (Å²) in [5, 5.41) is 2.39. The summed E-state index contributed by atoms with van der Waals surface area (Å²) in [6.07, 6.45) is 2.91. The predicted molar refractivity (Wildman–Crippen MR) is 122 cm³/mol. The van der Waals surface area contributed by atoms with Crippen molar-refractivity contribution in [2.24, 2.45) is 5.92 Å². The maximum atomic E-state index is 12.8. The van der Waals surface area contributed by atoms with Crippen LogP contribution in [0.25, 0.3) is 10.8 Å². The van der Waals surface area contributed by atoms with E-state index in [9.17, 15) is 4.79 Å². The fourth-order valence-electron chi connectivity index (χ4n) is 4.48. The number of fused-ring (bicyclic) bond motifs is 1. The minimum atomic E-state index is -0.708. The molecule has 0 amide bonds. The lowest BCUT2D eigenvalue weighted by Gasteiger charge is -2.28. The maximum Gasteiger partial charge on any atom is 0.309 e. The van der Waals surface area contributed by atoms with Gasteiger partial charge in [-0.1, -0.05) is 72.8 Å². The molecule has 162 valence electrons. The van der Waals surface area contributed by atoms with E-state index in [2.05, 4.69) is 30.3 Å². The predicted octanol–water partition coefficient (Wildman–Crippen LogP) is 5.63. The number of carbonyl (C=O) groups excluding carboxylic acids is 1. The van der Waals surface area contributed by atoms with E-state index in [0.717, 1.165) is 18.4 Å². The van der Waals surface area contributed by atoms with Gasteiger partial charge in [-0.25, -0.2) is 0 Å². The molecule has 0 aromatic heterocycles. The molecular formula is C27H30O4. The van der Waals surface area contributed by atoms with Crippen molar-refractivity contribution in [3.05, 3.63) is 83.9 Å². The van der Waals surface area contributed by atoms with Crippen molar-refractivity contribution in [1.29, 1.82) is 0 Å². The van der Waals surface area contributed by atoms with Gasteiger partial charge < -0.3 is 14.2 Å². The van der Waals surface area contributed by atoms with E-state index in [1.165, 1.54) is 16.3 Å². The molecule has 3 aromatic rings. The van der Waals surface area contributed by atoms with Crippen LogP contribution >= 0.6 is 0 Å². The monoisotopic (exact) mass is 418 g/mol. The van der Waals surface area contributed by atoms with Gasteiger partial charge in [-0.3, -0.25) is 4.79 Å². The molecule has 1 aliphatic rings. The second-order valence-electron chi connectivity index (χ2n) is 8.00. The van der Waals surface area contributed by atoms with Crippen LogP contribution < -0.4 is 0 Å². The Morgan fingerprint density at radius 3 is 2.45 bits per heavy atom. The number of ether oxygens (including phenoxy) is 3. The van der Waals surface area contributed by atoms with Gasteiger partial charge >= 0.3 is 5.97 Å². The van der Waals surface area contributed by atoms with Crippen LogP contribution in [0, 0.1) is 5.92 Å².